The van der Waals surface area contributed by atoms with E-state index in [4.69, 9.17) is 5.73 Å². The Bertz CT molecular complexity index is 454. The zero-order valence-corrected chi connectivity index (χ0v) is 15.8. The molecular weight excluding hydrogens is 278 g/mol. The van der Waals surface area contributed by atoms with Crippen LogP contribution >= 0.6 is 0 Å². The Morgan fingerprint density at radius 2 is 1.70 bits per heavy atom. The zero-order valence-electron chi connectivity index (χ0n) is 15.8. The summed E-state index contributed by atoms with van der Waals surface area (Å²) in [4.78, 5) is 0. The number of hydrogen-bond donors (Lipinski definition) is 1. The minimum absolute atomic E-state index is 0.00679. The van der Waals surface area contributed by atoms with Crippen LogP contribution in [0.5, 0.6) is 0 Å². The van der Waals surface area contributed by atoms with Gasteiger partial charge in [-0.25, -0.2) is 0 Å². The van der Waals surface area contributed by atoms with E-state index in [-0.39, 0.29) is 11.5 Å². The first-order chi connectivity index (χ1) is 10.9. The molecule has 1 heteroatoms. The van der Waals surface area contributed by atoms with Gasteiger partial charge in [-0.2, -0.15) is 0 Å². The highest BCUT2D eigenvalue weighted by Gasteiger charge is 2.39. The number of nitrogens with two attached hydrogens (primary N) is 1. The molecule has 0 spiro atoms. The van der Waals surface area contributed by atoms with Crippen molar-refractivity contribution in [3.8, 4) is 0 Å². The van der Waals surface area contributed by atoms with Gasteiger partial charge in [-0.05, 0) is 61.3 Å². The van der Waals surface area contributed by atoms with Crippen molar-refractivity contribution in [2.75, 3.05) is 0 Å². The van der Waals surface area contributed by atoms with Crippen LogP contribution in [0.2, 0.25) is 0 Å². The molecule has 0 aromatic carbocycles. The Kier molecular flexibility index (Phi) is 6.31. The Balaban J connectivity index is 2.16. The maximum Gasteiger partial charge on any atom is 0.0446 e. The van der Waals surface area contributed by atoms with Gasteiger partial charge in [0.2, 0.25) is 0 Å². The van der Waals surface area contributed by atoms with Gasteiger partial charge in [0.25, 0.3) is 0 Å². The van der Waals surface area contributed by atoms with Crippen molar-refractivity contribution < 1.29 is 0 Å². The highest BCUT2D eigenvalue weighted by molar-refractivity contribution is 5.32. The lowest BCUT2D eigenvalue weighted by molar-refractivity contribution is 0.388. The lowest BCUT2D eigenvalue weighted by atomic mass is 9.76. The van der Waals surface area contributed by atoms with Crippen LogP contribution in [0.3, 0.4) is 0 Å². The quantitative estimate of drug-likeness (QED) is 0.487. The summed E-state index contributed by atoms with van der Waals surface area (Å²) in [6.45, 7) is 13.7. The van der Waals surface area contributed by atoms with Crippen molar-refractivity contribution >= 4 is 0 Å². The molecule has 2 saturated carbocycles. The molecule has 2 fully saturated rings. The first-order valence-corrected chi connectivity index (χ1v) is 9.66. The van der Waals surface area contributed by atoms with Crippen LogP contribution in [0, 0.1) is 23.2 Å². The van der Waals surface area contributed by atoms with Gasteiger partial charge in [0.1, 0.15) is 0 Å². The average molecular weight is 316 g/mol. The van der Waals surface area contributed by atoms with Crippen LogP contribution < -0.4 is 5.73 Å². The molecule has 0 amide bonds. The summed E-state index contributed by atoms with van der Waals surface area (Å²) in [7, 11) is 0. The van der Waals surface area contributed by atoms with Crippen molar-refractivity contribution in [1.82, 2.24) is 0 Å². The van der Waals surface area contributed by atoms with Gasteiger partial charge >= 0.3 is 0 Å². The highest BCUT2D eigenvalue weighted by Crippen LogP contribution is 2.50. The molecule has 0 aromatic rings. The van der Waals surface area contributed by atoms with Crippen molar-refractivity contribution in [2.45, 2.75) is 78.7 Å². The summed E-state index contributed by atoms with van der Waals surface area (Å²) >= 11 is 0. The normalized spacial score (nSPS) is 34.9. The van der Waals surface area contributed by atoms with E-state index in [0.717, 1.165) is 11.8 Å². The maximum atomic E-state index is 6.57. The molecule has 2 aliphatic carbocycles. The van der Waals surface area contributed by atoms with Gasteiger partial charge in [-0.1, -0.05) is 70.4 Å². The highest BCUT2D eigenvalue weighted by atomic mass is 14.6. The molecule has 3 atom stereocenters. The number of hydrogen-bond acceptors (Lipinski definition) is 1. The van der Waals surface area contributed by atoms with Crippen molar-refractivity contribution in [3.05, 3.63) is 36.0 Å². The molecule has 1 nitrogen and oxygen atoms in total. The molecule has 130 valence electrons. The standard InChI is InChI=1S/C22H37N/c1-6-10-20(22(5)14-16(2)17(3)15-22)13-21(23)18(4)19-11-8-7-9-12-19/h6,10,13,16-17,19,21H,4,7-9,11-12,14-15,23H2,1-3,5H3/b10-6-,20-13+. The molecule has 0 heterocycles. The van der Waals surface area contributed by atoms with Crippen molar-refractivity contribution in [1.29, 1.82) is 0 Å². The van der Waals surface area contributed by atoms with E-state index >= 15 is 0 Å². The molecule has 0 radical (unpaired) electrons. The van der Waals surface area contributed by atoms with Gasteiger partial charge in [0.05, 0.1) is 0 Å². The van der Waals surface area contributed by atoms with Crippen molar-refractivity contribution in [3.63, 3.8) is 0 Å². The fourth-order valence-corrected chi connectivity index (χ4v) is 4.83. The zero-order chi connectivity index (χ0) is 17.0. The van der Waals surface area contributed by atoms with Gasteiger partial charge in [0, 0.05) is 6.04 Å². The minimum Gasteiger partial charge on any atom is -0.321 e. The Hall–Kier alpha value is -0.820. The molecule has 23 heavy (non-hydrogen) atoms. The van der Waals surface area contributed by atoms with E-state index in [1.807, 2.05) is 0 Å². The second-order valence-corrected chi connectivity index (χ2v) is 8.48. The van der Waals surface area contributed by atoms with Crippen LogP contribution in [0.15, 0.2) is 36.0 Å². The fourth-order valence-electron chi connectivity index (χ4n) is 4.83. The van der Waals surface area contributed by atoms with Crippen LogP contribution in [0.25, 0.3) is 0 Å². The summed E-state index contributed by atoms with van der Waals surface area (Å²) in [5, 5.41) is 0. The summed E-state index contributed by atoms with van der Waals surface area (Å²) in [6, 6.07) is 0.00679. The predicted octanol–water partition coefficient (Wildman–Crippen LogP) is 6.03. The van der Waals surface area contributed by atoms with Crippen molar-refractivity contribution in [2.24, 2.45) is 28.9 Å². The lowest BCUT2D eigenvalue weighted by Gasteiger charge is -2.30. The topological polar surface area (TPSA) is 26.0 Å². The molecular formula is C22H37N. The number of rotatable bonds is 5. The van der Waals surface area contributed by atoms with E-state index in [0.29, 0.717) is 5.92 Å². The number of allylic oxidation sites excluding steroid dienone is 3. The van der Waals surface area contributed by atoms with Crippen LogP contribution in [0.4, 0.5) is 0 Å². The monoisotopic (exact) mass is 315 g/mol. The first-order valence-electron chi connectivity index (χ1n) is 9.66. The fraction of sp³-hybridized carbons (Fsp3) is 0.727. The van der Waals surface area contributed by atoms with E-state index in [1.165, 1.54) is 56.1 Å². The van der Waals surface area contributed by atoms with Gasteiger partial charge in [0.15, 0.2) is 0 Å². The lowest BCUT2D eigenvalue weighted by Crippen LogP contribution is -2.27. The third kappa shape index (κ3) is 4.38. The van der Waals surface area contributed by atoms with Gasteiger partial charge in [-0.3, -0.25) is 0 Å². The maximum absolute atomic E-state index is 6.57. The summed E-state index contributed by atoms with van der Waals surface area (Å²) in [5.41, 5.74) is 9.53. The van der Waals surface area contributed by atoms with Crippen LogP contribution in [-0.4, -0.2) is 6.04 Å². The van der Waals surface area contributed by atoms with Crippen LogP contribution in [0.1, 0.15) is 72.6 Å². The Labute approximate surface area is 144 Å². The minimum atomic E-state index is 0.00679. The molecule has 0 saturated heterocycles. The summed E-state index contributed by atoms with van der Waals surface area (Å²) in [6.07, 6.45) is 16.0. The Morgan fingerprint density at radius 3 is 2.22 bits per heavy atom. The summed E-state index contributed by atoms with van der Waals surface area (Å²) in [5.74, 6) is 2.23. The molecule has 0 bridgehead atoms. The predicted molar refractivity (Wildman–Crippen MR) is 102 cm³/mol. The molecule has 2 aliphatic rings. The van der Waals surface area contributed by atoms with E-state index in [2.05, 4.69) is 52.5 Å². The molecule has 2 rings (SSSR count). The first kappa shape index (κ1) is 18.5. The van der Waals surface area contributed by atoms with E-state index in [9.17, 15) is 0 Å². The molecule has 0 aliphatic heterocycles. The Morgan fingerprint density at radius 1 is 1.13 bits per heavy atom. The third-order valence-electron chi connectivity index (χ3n) is 6.48. The second-order valence-electron chi connectivity index (χ2n) is 8.48. The smallest absolute Gasteiger partial charge is 0.0446 e. The van der Waals surface area contributed by atoms with Gasteiger partial charge in [-0.15, -0.1) is 0 Å². The molecule has 2 N–H and O–H groups in total. The molecule has 3 unspecified atom stereocenters. The van der Waals surface area contributed by atoms with E-state index < -0.39 is 0 Å². The summed E-state index contributed by atoms with van der Waals surface area (Å²) < 4.78 is 0. The van der Waals surface area contributed by atoms with Gasteiger partial charge < -0.3 is 5.73 Å². The SMILES string of the molecule is C=C(C(N)/C=C(\C=C/C)C1(C)CC(C)C(C)C1)C1CCCCC1. The largest absolute Gasteiger partial charge is 0.321 e. The molecule has 0 aromatic heterocycles. The second kappa shape index (κ2) is 7.83. The van der Waals surface area contributed by atoms with E-state index in [1.54, 1.807) is 0 Å². The average Bonchev–Trinajstić information content (AvgIpc) is 2.80. The van der Waals surface area contributed by atoms with Crippen LogP contribution in [-0.2, 0) is 0 Å². The third-order valence-corrected chi connectivity index (χ3v) is 6.48.